The lowest BCUT2D eigenvalue weighted by molar-refractivity contribution is -0.139. The molecule has 1 aromatic carbocycles. The van der Waals surface area contributed by atoms with Gasteiger partial charge in [-0.05, 0) is 31.7 Å². The van der Waals surface area contributed by atoms with Crippen molar-refractivity contribution in [2.75, 3.05) is 26.2 Å². The Balaban J connectivity index is 1.63. The predicted octanol–water partition coefficient (Wildman–Crippen LogP) is 2.95. The molecule has 1 aliphatic heterocycles. The number of amides is 4. The molecule has 7 heteroatoms. The summed E-state index contributed by atoms with van der Waals surface area (Å²) < 4.78 is 0. The largest absolute Gasteiger partial charge is 0.344 e. The fraction of sp³-hybridized carbons (Fsp3) is 0.640. The maximum absolute atomic E-state index is 13.5. The molecule has 1 aliphatic carbocycles. The maximum atomic E-state index is 13.5. The Morgan fingerprint density at radius 3 is 2.47 bits per heavy atom. The minimum atomic E-state index is -0.581. The van der Waals surface area contributed by atoms with E-state index in [1.54, 1.807) is 0 Å². The molecule has 0 spiro atoms. The number of unbranched alkanes of at least 4 members (excludes halogenated alkanes) is 1. The van der Waals surface area contributed by atoms with E-state index < -0.39 is 6.04 Å². The van der Waals surface area contributed by atoms with E-state index in [1.165, 1.54) is 0 Å². The first-order valence-electron chi connectivity index (χ1n) is 12.2. The molecule has 4 amide bonds. The van der Waals surface area contributed by atoms with E-state index in [9.17, 15) is 14.4 Å². The highest BCUT2D eigenvalue weighted by Gasteiger charge is 2.34. The highest BCUT2D eigenvalue weighted by atomic mass is 16.2. The molecule has 2 atom stereocenters. The Labute approximate surface area is 191 Å². The van der Waals surface area contributed by atoms with Gasteiger partial charge in [0.15, 0.2) is 0 Å². The molecule has 176 valence electrons. The van der Waals surface area contributed by atoms with Crippen molar-refractivity contribution in [1.29, 1.82) is 0 Å². The molecule has 0 radical (unpaired) electrons. The van der Waals surface area contributed by atoms with Crippen LogP contribution in [-0.2, 0) is 16.0 Å². The Kier molecular flexibility index (Phi) is 8.94. The van der Waals surface area contributed by atoms with Crippen molar-refractivity contribution in [1.82, 2.24) is 20.4 Å². The van der Waals surface area contributed by atoms with Gasteiger partial charge in [0.2, 0.25) is 11.8 Å². The molecule has 1 heterocycles. The average molecular weight is 443 g/mol. The number of carbonyl (C=O) groups is 3. The molecule has 0 aromatic heterocycles. The topological polar surface area (TPSA) is 81.8 Å². The zero-order valence-electron chi connectivity index (χ0n) is 19.5. The summed E-state index contributed by atoms with van der Waals surface area (Å²) in [5, 5.41) is 6.03. The van der Waals surface area contributed by atoms with Crippen LogP contribution in [0.5, 0.6) is 0 Å². The Bertz CT molecular complexity index is 764. The highest BCUT2D eigenvalue weighted by Crippen LogP contribution is 2.25. The van der Waals surface area contributed by atoms with Crippen LogP contribution in [0.4, 0.5) is 4.79 Å². The zero-order chi connectivity index (χ0) is 22.9. The van der Waals surface area contributed by atoms with Gasteiger partial charge in [-0.25, -0.2) is 4.79 Å². The molecule has 3 rings (SSSR count). The second-order valence-corrected chi connectivity index (χ2v) is 9.14. The van der Waals surface area contributed by atoms with Gasteiger partial charge in [-0.15, -0.1) is 0 Å². The van der Waals surface area contributed by atoms with Gasteiger partial charge in [0, 0.05) is 44.6 Å². The number of benzene rings is 1. The van der Waals surface area contributed by atoms with Gasteiger partial charge in [-0.1, -0.05) is 56.5 Å². The molecular weight excluding hydrogens is 404 g/mol. The number of hydrogen-bond donors (Lipinski definition) is 2. The molecule has 7 nitrogen and oxygen atoms in total. The molecule has 1 saturated carbocycles. The third-order valence-electron chi connectivity index (χ3n) is 6.63. The van der Waals surface area contributed by atoms with Gasteiger partial charge in [-0.2, -0.15) is 0 Å². The molecule has 0 bridgehead atoms. The summed E-state index contributed by atoms with van der Waals surface area (Å²) in [6.45, 7) is 6.20. The van der Waals surface area contributed by atoms with Gasteiger partial charge >= 0.3 is 6.03 Å². The number of piperazine rings is 1. The van der Waals surface area contributed by atoms with E-state index >= 15 is 0 Å². The normalized spacial score (nSPS) is 20.1. The molecule has 2 N–H and O–H groups in total. The van der Waals surface area contributed by atoms with Crippen LogP contribution < -0.4 is 10.6 Å². The number of rotatable bonds is 8. The first-order chi connectivity index (χ1) is 15.5. The van der Waals surface area contributed by atoms with E-state index in [0.717, 1.165) is 44.1 Å². The number of nitrogens with zero attached hydrogens (tertiary/aromatic N) is 2. The first-order valence-corrected chi connectivity index (χ1v) is 12.2. The quantitative estimate of drug-likeness (QED) is 0.608. The fourth-order valence-electron chi connectivity index (χ4n) is 4.68. The Morgan fingerprint density at radius 2 is 1.81 bits per heavy atom. The minimum absolute atomic E-state index is 0.00114. The SMILES string of the molecule is CCCCNC(=O)N1CCN(C(=O)C(Cc2ccccc2)NC(=O)C2CCCC2)CC1C. The molecule has 2 unspecified atom stereocenters. The average Bonchev–Trinajstić information content (AvgIpc) is 3.34. The first kappa shape index (κ1) is 24.1. The third-order valence-corrected chi connectivity index (χ3v) is 6.63. The number of hydrogen-bond acceptors (Lipinski definition) is 3. The van der Waals surface area contributed by atoms with Crippen LogP contribution in [0.15, 0.2) is 30.3 Å². The van der Waals surface area contributed by atoms with Crippen molar-refractivity contribution in [2.24, 2.45) is 5.92 Å². The van der Waals surface area contributed by atoms with Gasteiger partial charge in [0.05, 0.1) is 0 Å². The summed E-state index contributed by atoms with van der Waals surface area (Å²) in [6.07, 6.45) is 6.43. The summed E-state index contributed by atoms with van der Waals surface area (Å²) in [5.74, 6) is -0.0412. The minimum Gasteiger partial charge on any atom is -0.344 e. The molecule has 2 fully saturated rings. The Hall–Kier alpha value is -2.57. The molecular formula is C25H38N4O3. The number of carbonyl (C=O) groups excluding carboxylic acids is 3. The van der Waals surface area contributed by atoms with Crippen molar-refractivity contribution < 1.29 is 14.4 Å². The van der Waals surface area contributed by atoms with E-state index in [-0.39, 0.29) is 29.8 Å². The summed E-state index contributed by atoms with van der Waals surface area (Å²) in [6, 6.07) is 9.12. The van der Waals surface area contributed by atoms with E-state index in [2.05, 4.69) is 17.6 Å². The maximum Gasteiger partial charge on any atom is 0.317 e. The third kappa shape index (κ3) is 6.47. The van der Waals surface area contributed by atoms with Gasteiger partial charge in [-0.3, -0.25) is 9.59 Å². The second kappa shape index (κ2) is 11.9. The summed E-state index contributed by atoms with van der Waals surface area (Å²) >= 11 is 0. The van der Waals surface area contributed by atoms with Crippen molar-refractivity contribution in [3.8, 4) is 0 Å². The van der Waals surface area contributed by atoms with E-state index in [4.69, 9.17) is 0 Å². The Morgan fingerprint density at radius 1 is 1.09 bits per heavy atom. The predicted molar refractivity (Wildman–Crippen MR) is 125 cm³/mol. The van der Waals surface area contributed by atoms with E-state index in [1.807, 2.05) is 47.1 Å². The van der Waals surface area contributed by atoms with Crippen molar-refractivity contribution in [3.05, 3.63) is 35.9 Å². The summed E-state index contributed by atoms with van der Waals surface area (Å²) in [7, 11) is 0. The smallest absolute Gasteiger partial charge is 0.317 e. The lowest BCUT2D eigenvalue weighted by atomic mass is 10.0. The second-order valence-electron chi connectivity index (χ2n) is 9.14. The summed E-state index contributed by atoms with van der Waals surface area (Å²) in [4.78, 5) is 42.4. The molecule has 1 saturated heterocycles. The summed E-state index contributed by atoms with van der Waals surface area (Å²) in [5.41, 5.74) is 1.03. The molecule has 1 aromatic rings. The van der Waals surface area contributed by atoms with Gasteiger partial charge in [0.1, 0.15) is 6.04 Å². The van der Waals surface area contributed by atoms with Crippen molar-refractivity contribution in [2.45, 2.75) is 70.9 Å². The van der Waals surface area contributed by atoms with Crippen LogP contribution in [0.3, 0.4) is 0 Å². The van der Waals surface area contributed by atoms with Crippen molar-refractivity contribution >= 4 is 17.8 Å². The van der Waals surface area contributed by atoms with Crippen LogP contribution in [0.1, 0.15) is 57.9 Å². The van der Waals surface area contributed by atoms with Crippen LogP contribution in [0.2, 0.25) is 0 Å². The van der Waals surface area contributed by atoms with Gasteiger partial charge < -0.3 is 20.4 Å². The van der Waals surface area contributed by atoms with Crippen LogP contribution in [-0.4, -0.2) is 65.9 Å². The standard InChI is InChI=1S/C25H38N4O3/c1-3-4-14-26-25(32)29-16-15-28(18-19(29)2)24(31)22(17-20-10-6-5-7-11-20)27-23(30)21-12-8-9-13-21/h5-7,10-11,19,21-22H,3-4,8-9,12-18H2,1-2H3,(H,26,32)(H,27,30). The van der Waals surface area contributed by atoms with Crippen LogP contribution in [0, 0.1) is 5.92 Å². The monoisotopic (exact) mass is 442 g/mol. The van der Waals surface area contributed by atoms with E-state index in [0.29, 0.717) is 32.6 Å². The van der Waals surface area contributed by atoms with Crippen LogP contribution >= 0.6 is 0 Å². The molecule has 2 aliphatic rings. The zero-order valence-corrected chi connectivity index (χ0v) is 19.5. The van der Waals surface area contributed by atoms with Gasteiger partial charge in [0.25, 0.3) is 0 Å². The number of urea groups is 1. The van der Waals surface area contributed by atoms with Crippen molar-refractivity contribution in [3.63, 3.8) is 0 Å². The lowest BCUT2D eigenvalue weighted by Gasteiger charge is -2.41. The highest BCUT2D eigenvalue weighted by molar-refractivity contribution is 5.89. The molecule has 32 heavy (non-hydrogen) atoms. The lowest BCUT2D eigenvalue weighted by Crippen LogP contribution is -2.61. The fourth-order valence-corrected chi connectivity index (χ4v) is 4.68. The number of nitrogens with one attached hydrogen (secondary N) is 2. The van der Waals surface area contributed by atoms with Crippen LogP contribution in [0.25, 0.3) is 0 Å².